The van der Waals surface area contributed by atoms with Crippen molar-refractivity contribution >= 4 is 17.2 Å². The minimum Gasteiger partial charge on any atom is -0.329 e. The van der Waals surface area contributed by atoms with Gasteiger partial charge in [0.2, 0.25) is 0 Å². The second kappa shape index (κ2) is 3.83. The molecule has 0 spiro atoms. The fourth-order valence-electron chi connectivity index (χ4n) is 2.14. The van der Waals surface area contributed by atoms with Crippen LogP contribution >= 0.6 is 11.6 Å². The molecular formula is C11H10ClF3N4. The summed E-state index contributed by atoms with van der Waals surface area (Å²) in [6, 6.07) is 0.858. The average molecular weight is 291 g/mol. The van der Waals surface area contributed by atoms with Gasteiger partial charge in [-0.15, -0.1) is 10.2 Å². The van der Waals surface area contributed by atoms with Crippen LogP contribution in [-0.4, -0.2) is 21.1 Å². The van der Waals surface area contributed by atoms with E-state index in [4.69, 9.17) is 17.3 Å². The Bertz CT molecular complexity index is 645. The van der Waals surface area contributed by atoms with Crippen LogP contribution in [0.15, 0.2) is 12.3 Å². The number of aromatic nitrogens is 3. The molecule has 1 saturated carbocycles. The number of fused-ring (bicyclic) bond motifs is 1. The van der Waals surface area contributed by atoms with Gasteiger partial charge < -0.3 is 5.73 Å². The zero-order valence-corrected chi connectivity index (χ0v) is 10.5. The van der Waals surface area contributed by atoms with Crippen molar-refractivity contribution < 1.29 is 13.2 Å². The molecular weight excluding hydrogens is 281 g/mol. The normalized spacial score (nSPS) is 17.9. The molecule has 0 bridgehead atoms. The predicted octanol–water partition coefficient (Wildman–Crippen LogP) is 2.39. The van der Waals surface area contributed by atoms with Gasteiger partial charge in [-0.05, 0) is 18.9 Å². The molecule has 0 atom stereocenters. The Morgan fingerprint density at radius 1 is 1.37 bits per heavy atom. The lowest BCUT2D eigenvalue weighted by Gasteiger charge is -2.12. The molecule has 1 aliphatic rings. The molecule has 8 heteroatoms. The van der Waals surface area contributed by atoms with Gasteiger partial charge in [0.05, 0.1) is 10.6 Å². The number of hydrogen-bond donors (Lipinski definition) is 1. The van der Waals surface area contributed by atoms with Crippen molar-refractivity contribution in [2.75, 3.05) is 6.54 Å². The number of pyridine rings is 1. The highest BCUT2D eigenvalue weighted by Gasteiger charge is 2.47. The minimum atomic E-state index is -4.46. The Hall–Kier alpha value is -1.34. The first-order chi connectivity index (χ1) is 8.87. The number of rotatable bonds is 2. The number of nitrogens with two attached hydrogens (primary N) is 1. The summed E-state index contributed by atoms with van der Waals surface area (Å²) in [7, 11) is 0. The molecule has 2 aromatic rings. The summed E-state index contributed by atoms with van der Waals surface area (Å²) >= 11 is 5.84. The maximum absolute atomic E-state index is 12.8. The summed E-state index contributed by atoms with van der Waals surface area (Å²) in [5.74, 6) is 0.456. The lowest BCUT2D eigenvalue weighted by atomic mass is 10.1. The smallest absolute Gasteiger partial charge is 0.329 e. The van der Waals surface area contributed by atoms with E-state index >= 15 is 0 Å². The maximum Gasteiger partial charge on any atom is 0.417 e. The first kappa shape index (κ1) is 12.7. The summed E-state index contributed by atoms with van der Waals surface area (Å²) in [6.45, 7) is 0.335. The third kappa shape index (κ3) is 1.88. The van der Waals surface area contributed by atoms with Crippen LogP contribution < -0.4 is 5.73 Å². The fraction of sp³-hybridized carbons (Fsp3) is 0.455. The van der Waals surface area contributed by atoms with Gasteiger partial charge >= 0.3 is 6.18 Å². The molecule has 4 nitrogen and oxygen atoms in total. The van der Waals surface area contributed by atoms with Crippen LogP contribution in [-0.2, 0) is 11.6 Å². The highest BCUT2D eigenvalue weighted by Crippen LogP contribution is 2.46. The Morgan fingerprint density at radius 3 is 2.58 bits per heavy atom. The lowest BCUT2D eigenvalue weighted by Crippen LogP contribution is -2.23. The molecule has 2 heterocycles. The SMILES string of the molecule is NCC1(c2nnc3c(Cl)cc(C(F)(F)F)cn23)CC1. The van der Waals surface area contributed by atoms with Gasteiger partial charge in [0.25, 0.3) is 0 Å². The van der Waals surface area contributed by atoms with Crippen molar-refractivity contribution in [3.63, 3.8) is 0 Å². The predicted molar refractivity (Wildman–Crippen MR) is 63.0 cm³/mol. The van der Waals surface area contributed by atoms with Gasteiger partial charge in [-0.1, -0.05) is 11.6 Å². The van der Waals surface area contributed by atoms with Crippen molar-refractivity contribution in [1.82, 2.24) is 14.6 Å². The lowest BCUT2D eigenvalue weighted by molar-refractivity contribution is -0.137. The Balaban J connectivity index is 2.24. The van der Waals surface area contributed by atoms with Crippen molar-refractivity contribution in [3.05, 3.63) is 28.7 Å². The van der Waals surface area contributed by atoms with Crippen LogP contribution in [0.2, 0.25) is 5.02 Å². The molecule has 19 heavy (non-hydrogen) atoms. The van der Waals surface area contributed by atoms with E-state index in [1.807, 2.05) is 0 Å². The molecule has 0 saturated heterocycles. The van der Waals surface area contributed by atoms with E-state index in [0.717, 1.165) is 25.1 Å². The molecule has 0 unspecified atom stereocenters. The van der Waals surface area contributed by atoms with Crippen LogP contribution in [0.5, 0.6) is 0 Å². The molecule has 0 radical (unpaired) electrons. The zero-order valence-electron chi connectivity index (χ0n) is 9.71. The van der Waals surface area contributed by atoms with E-state index in [0.29, 0.717) is 12.4 Å². The molecule has 0 aliphatic heterocycles. The van der Waals surface area contributed by atoms with Crippen LogP contribution in [0.25, 0.3) is 5.65 Å². The maximum atomic E-state index is 12.8. The van der Waals surface area contributed by atoms with Gasteiger partial charge in [0, 0.05) is 18.2 Å². The van der Waals surface area contributed by atoms with Crippen LogP contribution in [0.3, 0.4) is 0 Å². The molecule has 2 N–H and O–H groups in total. The average Bonchev–Trinajstić information content (AvgIpc) is 3.01. The standard InChI is InChI=1S/C11H10ClF3N4/c12-7-3-6(11(13,14)15)4-19-8(7)17-18-9(19)10(5-16)1-2-10/h3-4H,1-2,5,16H2. The van der Waals surface area contributed by atoms with Crippen LogP contribution in [0.4, 0.5) is 13.2 Å². The van der Waals surface area contributed by atoms with E-state index in [9.17, 15) is 13.2 Å². The Labute approximate surface area is 111 Å². The summed E-state index contributed by atoms with van der Waals surface area (Å²) in [5.41, 5.74) is 4.73. The van der Waals surface area contributed by atoms with E-state index < -0.39 is 11.7 Å². The minimum absolute atomic E-state index is 0.0682. The molecule has 102 valence electrons. The Morgan fingerprint density at radius 2 is 2.05 bits per heavy atom. The molecule has 1 aliphatic carbocycles. The molecule has 0 amide bonds. The second-order valence-electron chi connectivity index (χ2n) is 4.78. The first-order valence-electron chi connectivity index (χ1n) is 5.69. The van der Waals surface area contributed by atoms with E-state index in [-0.39, 0.29) is 16.1 Å². The Kier molecular flexibility index (Phi) is 2.56. The highest BCUT2D eigenvalue weighted by molar-refractivity contribution is 6.33. The van der Waals surface area contributed by atoms with E-state index in [1.54, 1.807) is 0 Å². The molecule has 3 rings (SSSR count). The largest absolute Gasteiger partial charge is 0.417 e. The summed E-state index contributed by atoms with van der Waals surface area (Å²) in [5, 5.41) is 7.75. The van der Waals surface area contributed by atoms with Crippen molar-refractivity contribution in [1.29, 1.82) is 0 Å². The topological polar surface area (TPSA) is 56.2 Å². The van der Waals surface area contributed by atoms with Crippen molar-refractivity contribution in [2.45, 2.75) is 24.4 Å². The number of halogens is 4. The number of alkyl halides is 3. The number of hydrogen-bond acceptors (Lipinski definition) is 3. The quantitative estimate of drug-likeness (QED) is 0.924. The molecule has 1 fully saturated rings. The van der Waals surface area contributed by atoms with Gasteiger partial charge in [0.15, 0.2) is 5.65 Å². The second-order valence-corrected chi connectivity index (χ2v) is 5.18. The highest BCUT2D eigenvalue weighted by atomic mass is 35.5. The third-order valence-electron chi connectivity index (χ3n) is 3.51. The van der Waals surface area contributed by atoms with E-state index in [2.05, 4.69) is 10.2 Å². The van der Waals surface area contributed by atoms with Gasteiger partial charge in [0.1, 0.15) is 5.82 Å². The molecule has 2 aromatic heterocycles. The van der Waals surface area contributed by atoms with E-state index in [1.165, 1.54) is 4.40 Å². The van der Waals surface area contributed by atoms with Crippen molar-refractivity contribution in [2.24, 2.45) is 5.73 Å². The summed E-state index contributed by atoms with van der Waals surface area (Å²) in [4.78, 5) is 0. The first-order valence-corrected chi connectivity index (χ1v) is 6.07. The van der Waals surface area contributed by atoms with Crippen molar-refractivity contribution in [3.8, 4) is 0 Å². The van der Waals surface area contributed by atoms with Gasteiger partial charge in [-0.25, -0.2) is 0 Å². The molecule has 0 aromatic carbocycles. The summed E-state index contributed by atoms with van der Waals surface area (Å²) in [6.07, 6.45) is -1.87. The third-order valence-corrected chi connectivity index (χ3v) is 3.78. The van der Waals surface area contributed by atoms with Crippen LogP contribution in [0.1, 0.15) is 24.2 Å². The fourth-order valence-corrected chi connectivity index (χ4v) is 2.39. The monoisotopic (exact) mass is 290 g/mol. The number of nitrogens with zero attached hydrogens (tertiary/aromatic N) is 3. The summed E-state index contributed by atoms with van der Waals surface area (Å²) < 4.78 is 39.7. The van der Waals surface area contributed by atoms with Gasteiger partial charge in [-0.2, -0.15) is 13.2 Å². The van der Waals surface area contributed by atoms with Crippen LogP contribution in [0, 0.1) is 0 Å². The van der Waals surface area contributed by atoms with Gasteiger partial charge in [-0.3, -0.25) is 4.40 Å². The zero-order chi connectivity index (χ0) is 13.8.